The van der Waals surface area contributed by atoms with E-state index >= 15 is 0 Å². The highest BCUT2D eigenvalue weighted by molar-refractivity contribution is 5.74. The summed E-state index contributed by atoms with van der Waals surface area (Å²) in [4.78, 5) is 27.1. The number of benzene rings is 1. The molecule has 0 spiro atoms. The molecule has 1 aromatic carbocycles. The Morgan fingerprint density at radius 1 is 1.20 bits per heavy atom. The van der Waals surface area contributed by atoms with Gasteiger partial charge >= 0.3 is 18.3 Å². The Hall–Kier alpha value is -2.65. The van der Waals surface area contributed by atoms with Crippen molar-refractivity contribution in [1.29, 1.82) is 0 Å². The summed E-state index contributed by atoms with van der Waals surface area (Å²) in [5.41, 5.74) is 1.96. The first-order valence-electron chi connectivity index (χ1n) is 9.64. The zero-order valence-electron chi connectivity index (χ0n) is 17.6. The Morgan fingerprint density at radius 2 is 1.77 bits per heavy atom. The summed E-state index contributed by atoms with van der Waals surface area (Å²) < 4.78 is 46.9. The zero-order chi connectivity index (χ0) is 22.5. The van der Waals surface area contributed by atoms with Crippen LogP contribution in [-0.2, 0) is 11.3 Å². The number of piperidine rings is 1. The van der Waals surface area contributed by atoms with Gasteiger partial charge in [-0.3, -0.25) is 0 Å². The third kappa shape index (κ3) is 6.70. The first-order valence-corrected chi connectivity index (χ1v) is 9.64. The highest BCUT2D eigenvalue weighted by atomic mass is 19.4. The van der Waals surface area contributed by atoms with E-state index < -0.39 is 12.8 Å². The molecule has 0 saturated carbocycles. The first kappa shape index (κ1) is 23.6. The second-order valence-corrected chi connectivity index (χ2v) is 7.50. The van der Waals surface area contributed by atoms with Crippen molar-refractivity contribution < 1.29 is 32.2 Å². The number of nitrogens with zero attached hydrogens (tertiary/aromatic N) is 2. The molecule has 30 heavy (non-hydrogen) atoms. The summed E-state index contributed by atoms with van der Waals surface area (Å²) in [5, 5.41) is 2.95. The molecule has 0 aliphatic carbocycles. The standard InChI is InChI=1S/C20H28F3N3O4/c1-13-9-15(10-14(2)17(13)30-12-20(21,22)23)11-25(3)18(27)24-16-5-7-26(8-6-16)19(28)29-4/h9-10,16H,5-8,11-12H2,1-4H3,(H,24,27). The summed E-state index contributed by atoms with van der Waals surface area (Å²) in [6, 6.07) is 3.15. The number of methoxy groups -OCH3 is 1. The molecule has 1 aliphatic heterocycles. The van der Waals surface area contributed by atoms with Gasteiger partial charge in [0.15, 0.2) is 6.61 Å². The molecule has 1 N–H and O–H groups in total. The number of hydrogen-bond donors (Lipinski definition) is 1. The lowest BCUT2D eigenvalue weighted by atomic mass is 10.0. The molecule has 1 aromatic rings. The van der Waals surface area contributed by atoms with E-state index in [1.165, 1.54) is 12.0 Å². The predicted molar refractivity (Wildman–Crippen MR) is 104 cm³/mol. The predicted octanol–water partition coefficient (Wildman–Crippen LogP) is 3.62. The van der Waals surface area contributed by atoms with Gasteiger partial charge in [0.25, 0.3) is 0 Å². The van der Waals surface area contributed by atoms with Crippen LogP contribution in [0.4, 0.5) is 22.8 Å². The number of carbonyl (C=O) groups is 2. The molecule has 1 fully saturated rings. The molecule has 2 rings (SSSR count). The van der Waals surface area contributed by atoms with Gasteiger partial charge in [-0.2, -0.15) is 13.2 Å². The van der Waals surface area contributed by atoms with E-state index in [1.807, 2.05) is 0 Å². The van der Waals surface area contributed by atoms with E-state index in [1.54, 1.807) is 37.9 Å². The molecule has 0 atom stereocenters. The van der Waals surface area contributed by atoms with Crippen LogP contribution >= 0.6 is 0 Å². The Labute approximate surface area is 174 Å². The number of hydrogen-bond acceptors (Lipinski definition) is 4. The number of ether oxygens (including phenoxy) is 2. The monoisotopic (exact) mass is 431 g/mol. The van der Waals surface area contributed by atoms with Gasteiger partial charge in [0, 0.05) is 32.7 Å². The molecule has 7 nitrogen and oxygen atoms in total. The van der Waals surface area contributed by atoms with Crippen LogP contribution in [0.3, 0.4) is 0 Å². The molecular formula is C20H28F3N3O4. The van der Waals surface area contributed by atoms with Crippen LogP contribution in [0, 0.1) is 13.8 Å². The van der Waals surface area contributed by atoms with Crippen LogP contribution in [0.1, 0.15) is 29.5 Å². The van der Waals surface area contributed by atoms with Gasteiger partial charge < -0.3 is 24.6 Å². The van der Waals surface area contributed by atoms with E-state index in [9.17, 15) is 22.8 Å². The SMILES string of the molecule is COC(=O)N1CCC(NC(=O)N(C)Cc2cc(C)c(OCC(F)(F)F)c(C)c2)CC1. The van der Waals surface area contributed by atoms with Crippen molar-refractivity contribution in [3.63, 3.8) is 0 Å². The van der Waals surface area contributed by atoms with Crippen molar-refractivity contribution in [2.45, 2.75) is 45.5 Å². The molecule has 3 amide bonds. The van der Waals surface area contributed by atoms with Gasteiger partial charge in [-0.1, -0.05) is 12.1 Å². The normalized spacial score (nSPS) is 15.0. The van der Waals surface area contributed by atoms with Gasteiger partial charge in [-0.25, -0.2) is 9.59 Å². The van der Waals surface area contributed by atoms with Gasteiger partial charge in [0.1, 0.15) is 5.75 Å². The third-order valence-corrected chi connectivity index (χ3v) is 4.92. The summed E-state index contributed by atoms with van der Waals surface area (Å²) in [5.74, 6) is 0.209. The molecule has 0 bridgehead atoms. The smallest absolute Gasteiger partial charge is 0.422 e. The Morgan fingerprint density at radius 3 is 2.27 bits per heavy atom. The van der Waals surface area contributed by atoms with E-state index in [4.69, 9.17) is 9.47 Å². The average molecular weight is 431 g/mol. The van der Waals surface area contributed by atoms with Crippen molar-refractivity contribution >= 4 is 12.1 Å². The molecule has 1 aliphatic rings. The number of rotatable bonds is 5. The number of carbonyl (C=O) groups excluding carboxylic acids is 2. The van der Waals surface area contributed by atoms with Crippen molar-refractivity contribution in [2.75, 3.05) is 33.9 Å². The van der Waals surface area contributed by atoms with Crippen molar-refractivity contribution in [2.24, 2.45) is 0 Å². The highest BCUT2D eigenvalue weighted by Crippen LogP contribution is 2.27. The number of halogens is 3. The fraction of sp³-hybridized carbons (Fsp3) is 0.600. The number of urea groups is 1. The topological polar surface area (TPSA) is 71.1 Å². The lowest BCUT2D eigenvalue weighted by Gasteiger charge is -2.32. The maximum Gasteiger partial charge on any atom is 0.422 e. The minimum absolute atomic E-state index is 0.0394. The highest BCUT2D eigenvalue weighted by Gasteiger charge is 2.29. The van der Waals surface area contributed by atoms with Crippen LogP contribution in [0.5, 0.6) is 5.75 Å². The van der Waals surface area contributed by atoms with E-state index in [0.29, 0.717) is 43.6 Å². The molecule has 1 heterocycles. The lowest BCUT2D eigenvalue weighted by Crippen LogP contribution is -2.49. The summed E-state index contributed by atoms with van der Waals surface area (Å²) in [6.07, 6.45) is -3.50. The third-order valence-electron chi connectivity index (χ3n) is 4.92. The molecule has 1 saturated heterocycles. The van der Waals surface area contributed by atoms with Gasteiger partial charge in [-0.05, 0) is 43.4 Å². The van der Waals surface area contributed by atoms with Crippen molar-refractivity contribution in [1.82, 2.24) is 15.1 Å². The molecular weight excluding hydrogens is 403 g/mol. The number of likely N-dealkylation sites (tertiary alicyclic amines) is 1. The number of amides is 3. The summed E-state index contributed by atoms with van der Waals surface area (Å²) >= 11 is 0. The Balaban J connectivity index is 1.90. The van der Waals surface area contributed by atoms with E-state index in [0.717, 1.165) is 5.56 Å². The van der Waals surface area contributed by atoms with Crippen LogP contribution in [0.25, 0.3) is 0 Å². The largest absolute Gasteiger partial charge is 0.484 e. The van der Waals surface area contributed by atoms with Gasteiger partial charge in [0.2, 0.25) is 0 Å². The van der Waals surface area contributed by atoms with E-state index in [-0.39, 0.29) is 23.9 Å². The van der Waals surface area contributed by atoms with Gasteiger partial charge in [0.05, 0.1) is 7.11 Å². The minimum atomic E-state index is -4.40. The van der Waals surface area contributed by atoms with Crippen LogP contribution in [0.2, 0.25) is 0 Å². The maximum absolute atomic E-state index is 12.5. The molecule has 168 valence electrons. The van der Waals surface area contributed by atoms with Crippen molar-refractivity contribution in [3.8, 4) is 5.75 Å². The lowest BCUT2D eigenvalue weighted by molar-refractivity contribution is -0.153. The summed E-state index contributed by atoms with van der Waals surface area (Å²) in [6.45, 7) is 3.34. The van der Waals surface area contributed by atoms with Crippen molar-refractivity contribution in [3.05, 3.63) is 28.8 Å². The zero-order valence-corrected chi connectivity index (χ0v) is 17.6. The van der Waals surface area contributed by atoms with Gasteiger partial charge in [-0.15, -0.1) is 0 Å². The first-order chi connectivity index (χ1) is 14.0. The Bertz CT molecular complexity index is 739. The quantitative estimate of drug-likeness (QED) is 0.773. The average Bonchev–Trinajstić information content (AvgIpc) is 2.66. The second-order valence-electron chi connectivity index (χ2n) is 7.50. The number of aryl methyl sites for hydroxylation is 2. The number of alkyl halides is 3. The van der Waals surface area contributed by atoms with Crippen LogP contribution in [0.15, 0.2) is 12.1 Å². The fourth-order valence-corrected chi connectivity index (χ4v) is 3.48. The molecule has 0 radical (unpaired) electrons. The molecule has 0 unspecified atom stereocenters. The number of nitrogens with one attached hydrogen (secondary N) is 1. The minimum Gasteiger partial charge on any atom is -0.484 e. The van der Waals surface area contributed by atoms with Crippen LogP contribution < -0.4 is 10.1 Å². The molecule has 10 heteroatoms. The van der Waals surface area contributed by atoms with E-state index in [2.05, 4.69) is 5.32 Å². The second kappa shape index (κ2) is 9.90. The van der Waals surface area contributed by atoms with Crippen LogP contribution in [-0.4, -0.2) is 68.0 Å². The molecule has 0 aromatic heterocycles. The summed E-state index contributed by atoms with van der Waals surface area (Å²) in [7, 11) is 2.99. The maximum atomic E-state index is 12.5. The fourth-order valence-electron chi connectivity index (χ4n) is 3.48. The Kier molecular flexibility index (Phi) is 7.80.